The fourth-order valence-electron chi connectivity index (χ4n) is 5.41. The Morgan fingerprint density at radius 2 is 2.02 bits per heavy atom. The highest BCUT2D eigenvalue weighted by Gasteiger charge is 2.24. The molecule has 0 bridgehead atoms. The van der Waals surface area contributed by atoms with Crippen molar-refractivity contribution in [3.05, 3.63) is 71.9 Å². The van der Waals surface area contributed by atoms with Crippen LogP contribution in [0.25, 0.3) is 10.9 Å². The number of amides is 1. The first-order valence-electron chi connectivity index (χ1n) is 13.6. The van der Waals surface area contributed by atoms with Gasteiger partial charge in [0.05, 0.1) is 24.4 Å². The maximum Gasteiger partial charge on any atom is 0.231 e. The molecule has 5 rings (SSSR count). The van der Waals surface area contributed by atoms with Crippen molar-refractivity contribution in [2.24, 2.45) is 5.73 Å². The standard InChI is InChI=1S/C29H34FN7O3/c30-20-6-3-5-19(15-20)27(28(31)39)25-17-26(36-35-25)34-29-23-10-9-22(16-24(23)32-18-33-29)40-14-4-11-37(12-13-38)21-7-1-2-8-21/h3,5-6,9-10,15-18,21,27,38H,1-2,4,7-8,11-14H2,(H2,31,39)(H2,32,33,34,35,36). The number of carbonyl (C=O) groups is 1. The average molecular weight is 548 g/mol. The number of aliphatic hydroxyl groups excluding tert-OH is 1. The van der Waals surface area contributed by atoms with Crippen LogP contribution in [0.15, 0.2) is 54.9 Å². The van der Waals surface area contributed by atoms with E-state index in [-0.39, 0.29) is 6.61 Å². The number of primary amides is 1. The first-order chi connectivity index (χ1) is 19.5. The molecule has 1 aliphatic carbocycles. The second-order valence-electron chi connectivity index (χ2n) is 10.0. The number of benzene rings is 2. The quantitative estimate of drug-likeness (QED) is 0.185. The lowest BCUT2D eigenvalue weighted by atomic mass is 9.95. The number of hydrogen-bond acceptors (Lipinski definition) is 8. The predicted octanol–water partition coefficient (Wildman–Crippen LogP) is 3.86. The van der Waals surface area contributed by atoms with Crippen molar-refractivity contribution in [3.63, 3.8) is 0 Å². The Bertz CT molecular complexity index is 1440. The van der Waals surface area contributed by atoms with E-state index in [1.165, 1.54) is 50.2 Å². The van der Waals surface area contributed by atoms with E-state index >= 15 is 0 Å². The van der Waals surface area contributed by atoms with Crippen LogP contribution in [0, 0.1) is 5.82 Å². The largest absolute Gasteiger partial charge is 0.493 e. The summed E-state index contributed by atoms with van der Waals surface area (Å²) in [7, 11) is 0. The summed E-state index contributed by atoms with van der Waals surface area (Å²) in [6.07, 6.45) is 7.27. The molecule has 10 nitrogen and oxygen atoms in total. The van der Waals surface area contributed by atoms with Crippen molar-refractivity contribution >= 4 is 28.4 Å². The molecule has 2 aromatic heterocycles. The molecule has 40 heavy (non-hydrogen) atoms. The highest BCUT2D eigenvalue weighted by Crippen LogP contribution is 2.29. The van der Waals surface area contributed by atoms with Gasteiger partial charge in [-0.05, 0) is 49.1 Å². The minimum atomic E-state index is -0.880. The molecule has 0 radical (unpaired) electrons. The van der Waals surface area contributed by atoms with Crippen LogP contribution in [0.1, 0.15) is 49.3 Å². The molecule has 2 aromatic carbocycles. The van der Waals surface area contributed by atoms with E-state index in [9.17, 15) is 14.3 Å². The van der Waals surface area contributed by atoms with Gasteiger partial charge in [-0.25, -0.2) is 14.4 Å². The van der Waals surface area contributed by atoms with Crippen LogP contribution in [-0.4, -0.2) is 68.4 Å². The van der Waals surface area contributed by atoms with Crippen LogP contribution >= 0.6 is 0 Å². The number of hydrogen-bond donors (Lipinski definition) is 4. The average Bonchev–Trinajstić information content (AvgIpc) is 3.63. The van der Waals surface area contributed by atoms with Crippen molar-refractivity contribution in [1.29, 1.82) is 0 Å². The normalized spacial score (nSPS) is 14.6. The zero-order valence-corrected chi connectivity index (χ0v) is 22.2. The Morgan fingerprint density at radius 3 is 2.80 bits per heavy atom. The summed E-state index contributed by atoms with van der Waals surface area (Å²) in [6, 6.07) is 13.6. The molecule has 1 fully saturated rings. The predicted molar refractivity (Wildman–Crippen MR) is 150 cm³/mol. The Labute approximate surface area is 231 Å². The lowest BCUT2D eigenvalue weighted by Gasteiger charge is -2.28. The van der Waals surface area contributed by atoms with E-state index in [1.54, 1.807) is 12.1 Å². The summed E-state index contributed by atoms with van der Waals surface area (Å²) >= 11 is 0. The van der Waals surface area contributed by atoms with Gasteiger partial charge in [0.2, 0.25) is 5.91 Å². The summed E-state index contributed by atoms with van der Waals surface area (Å²) in [5.74, 6) is -0.284. The number of rotatable bonds is 13. The lowest BCUT2D eigenvalue weighted by Crippen LogP contribution is -2.36. The van der Waals surface area contributed by atoms with Gasteiger partial charge in [-0.1, -0.05) is 25.0 Å². The van der Waals surface area contributed by atoms with Crippen LogP contribution in [0.3, 0.4) is 0 Å². The number of nitrogens with zero attached hydrogens (tertiary/aromatic N) is 4. The fourth-order valence-corrected chi connectivity index (χ4v) is 5.41. The number of aromatic nitrogens is 4. The summed E-state index contributed by atoms with van der Waals surface area (Å²) in [5, 5.41) is 20.4. The van der Waals surface area contributed by atoms with Gasteiger partial charge in [0.15, 0.2) is 5.82 Å². The Balaban J connectivity index is 1.23. The second-order valence-corrected chi connectivity index (χ2v) is 10.0. The number of H-pyrrole nitrogens is 1. The van der Waals surface area contributed by atoms with E-state index in [0.29, 0.717) is 53.4 Å². The number of anilines is 2. The Morgan fingerprint density at radius 1 is 1.18 bits per heavy atom. The number of aromatic amines is 1. The molecule has 0 aliphatic heterocycles. The number of aliphatic hydroxyl groups is 1. The topological polar surface area (TPSA) is 142 Å². The summed E-state index contributed by atoms with van der Waals surface area (Å²) in [5.41, 5.74) is 7.19. The van der Waals surface area contributed by atoms with Gasteiger partial charge in [0, 0.05) is 36.7 Å². The summed E-state index contributed by atoms with van der Waals surface area (Å²) in [6.45, 7) is 2.35. The third kappa shape index (κ3) is 6.54. The molecule has 0 spiro atoms. The molecule has 1 atom stereocenters. The van der Waals surface area contributed by atoms with Crippen molar-refractivity contribution in [1.82, 2.24) is 25.1 Å². The first kappa shape index (κ1) is 27.5. The maximum absolute atomic E-state index is 13.8. The van der Waals surface area contributed by atoms with Crippen molar-refractivity contribution < 1.29 is 19.0 Å². The minimum Gasteiger partial charge on any atom is -0.493 e. The number of nitrogens with two attached hydrogens (primary N) is 1. The van der Waals surface area contributed by atoms with E-state index < -0.39 is 17.6 Å². The van der Waals surface area contributed by atoms with Crippen molar-refractivity contribution in [3.8, 4) is 5.75 Å². The van der Waals surface area contributed by atoms with Gasteiger partial charge in [-0.2, -0.15) is 5.10 Å². The molecular weight excluding hydrogens is 513 g/mol. The molecule has 0 saturated heterocycles. The molecule has 1 amide bonds. The fraction of sp³-hybridized carbons (Fsp3) is 0.379. The molecule has 11 heteroatoms. The second kappa shape index (κ2) is 12.8. The third-order valence-corrected chi connectivity index (χ3v) is 7.32. The molecule has 1 aliphatic rings. The van der Waals surface area contributed by atoms with E-state index in [1.807, 2.05) is 18.2 Å². The third-order valence-electron chi connectivity index (χ3n) is 7.32. The lowest BCUT2D eigenvalue weighted by molar-refractivity contribution is -0.118. The summed E-state index contributed by atoms with van der Waals surface area (Å²) < 4.78 is 19.8. The van der Waals surface area contributed by atoms with Gasteiger partial charge in [-0.3, -0.25) is 14.8 Å². The molecule has 2 heterocycles. The number of halogens is 1. The molecule has 210 valence electrons. The van der Waals surface area contributed by atoms with Crippen LogP contribution in [0.2, 0.25) is 0 Å². The van der Waals surface area contributed by atoms with Gasteiger partial charge >= 0.3 is 0 Å². The Kier molecular flexibility index (Phi) is 8.82. The van der Waals surface area contributed by atoms with E-state index in [0.717, 1.165) is 18.4 Å². The van der Waals surface area contributed by atoms with E-state index in [4.69, 9.17) is 10.5 Å². The van der Waals surface area contributed by atoms with Crippen LogP contribution in [0.5, 0.6) is 5.75 Å². The van der Waals surface area contributed by atoms with Crippen LogP contribution in [0.4, 0.5) is 16.0 Å². The summed E-state index contributed by atoms with van der Waals surface area (Å²) in [4.78, 5) is 23.3. The van der Waals surface area contributed by atoms with Gasteiger partial charge in [0.25, 0.3) is 0 Å². The SMILES string of the molecule is NC(=O)C(c1cccc(F)c1)c1cc(Nc2ncnc3cc(OCCCN(CCO)C4CCCC4)ccc23)n[nH]1. The molecule has 4 aromatic rings. The molecule has 1 saturated carbocycles. The number of carbonyl (C=O) groups excluding carboxylic acids is 1. The molecule has 5 N–H and O–H groups in total. The highest BCUT2D eigenvalue weighted by atomic mass is 19.1. The molecule has 1 unspecified atom stereocenters. The number of fused-ring (bicyclic) bond motifs is 1. The zero-order chi connectivity index (χ0) is 27.9. The molecular formula is C29H34FN7O3. The van der Waals surface area contributed by atoms with Crippen LogP contribution < -0.4 is 15.8 Å². The Hall–Kier alpha value is -4.09. The first-order valence-corrected chi connectivity index (χ1v) is 13.6. The highest BCUT2D eigenvalue weighted by molar-refractivity contribution is 5.91. The maximum atomic E-state index is 13.8. The number of ether oxygens (including phenoxy) is 1. The van der Waals surface area contributed by atoms with Crippen LogP contribution in [-0.2, 0) is 4.79 Å². The van der Waals surface area contributed by atoms with Crippen molar-refractivity contribution in [2.45, 2.75) is 44.1 Å². The zero-order valence-electron chi connectivity index (χ0n) is 22.2. The van der Waals surface area contributed by atoms with Gasteiger partial charge in [-0.15, -0.1) is 0 Å². The van der Waals surface area contributed by atoms with E-state index in [2.05, 4.69) is 30.4 Å². The minimum absolute atomic E-state index is 0.177. The smallest absolute Gasteiger partial charge is 0.231 e. The van der Waals surface area contributed by atoms with Gasteiger partial charge < -0.3 is 20.9 Å². The number of nitrogens with one attached hydrogen (secondary N) is 2. The van der Waals surface area contributed by atoms with Gasteiger partial charge in [0.1, 0.15) is 29.6 Å². The van der Waals surface area contributed by atoms with Crippen molar-refractivity contribution in [2.75, 3.05) is 31.6 Å². The monoisotopic (exact) mass is 547 g/mol.